The number of halogens is 3. The highest BCUT2D eigenvalue weighted by atomic mass is 35.5. The topological polar surface area (TPSA) is 65.1 Å². The molecule has 0 bridgehead atoms. The first-order chi connectivity index (χ1) is 16.9. The van der Waals surface area contributed by atoms with Crippen molar-refractivity contribution in [2.45, 2.75) is 13.2 Å². The lowest BCUT2D eigenvalue weighted by atomic mass is 10.1. The normalized spacial score (nSPS) is 15.9. The molecule has 0 unspecified atom stereocenters. The van der Waals surface area contributed by atoms with Crippen molar-refractivity contribution in [3.8, 4) is 17.2 Å². The van der Waals surface area contributed by atoms with Gasteiger partial charge in [0.05, 0.1) is 16.5 Å². The molecular weight excluding hydrogens is 533 g/mol. The van der Waals surface area contributed by atoms with E-state index in [0.717, 1.165) is 22.2 Å². The predicted molar refractivity (Wildman–Crippen MR) is 136 cm³/mol. The molecular formula is C25H16Cl3NO5S. The van der Waals surface area contributed by atoms with Crippen LogP contribution in [0.15, 0.2) is 59.5 Å². The number of ether oxygens (including phenoxy) is 3. The summed E-state index contributed by atoms with van der Waals surface area (Å²) in [7, 11) is 0. The Hall–Kier alpha value is -2.84. The van der Waals surface area contributed by atoms with Crippen LogP contribution in [0.4, 0.5) is 4.79 Å². The number of hydrogen-bond donors (Lipinski definition) is 0. The molecule has 3 aromatic carbocycles. The van der Waals surface area contributed by atoms with Crippen LogP contribution in [0.3, 0.4) is 0 Å². The van der Waals surface area contributed by atoms with Crippen molar-refractivity contribution in [3.63, 3.8) is 0 Å². The van der Waals surface area contributed by atoms with E-state index in [1.54, 1.807) is 42.5 Å². The summed E-state index contributed by atoms with van der Waals surface area (Å²) < 4.78 is 16.5. The molecule has 0 radical (unpaired) electrons. The zero-order chi connectivity index (χ0) is 24.5. The standard InChI is InChI=1S/C25H16Cl3NO5S/c26-17-4-2-1-3-15(17)12-32-20-6-5-14(7-19(20)28)8-23-24(30)29(25(31)35-23)11-16-9-21-22(10-18(16)27)34-13-33-21/h1-10H,11-13H2/b23-8-. The number of carbonyl (C=O) groups excluding carboxylic acids is 2. The van der Waals surface area contributed by atoms with Crippen LogP contribution in [0, 0.1) is 0 Å². The van der Waals surface area contributed by atoms with E-state index in [1.165, 1.54) is 0 Å². The molecule has 1 saturated heterocycles. The highest BCUT2D eigenvalue weighted by Gasteiger charge is 2.35. The molecule has 0 atom stereocenters. The maximum atomic E-state index is 13.0. The van der Waals surface area contributed by atoms with Gasteiger partial charge in [0.1, 0.15) is 12.4 Å². The molecule has 0 saturated carbocycles. The summed E-state index contributed by atoms with van der Waals surface area (Å²) in [6.45, 7) is 0.388. The Labute approximate surface area is 220 Å². The Morgan fingerprint density at radius 3 is 2.46 bits per heavy atom. The number of fused-ring (bicyclic) bond motifs is 1. The third kappa shape index (κ3) is 5.09. The van der Waals surface area contributed by atoms with Crippen LogP contribution in [0.1, 0.15) is 16.7 Å². The summed E-state index contributed by atoms with van der Waals surface area (Å²) in [6, 6.07) is 15.8. The molecule has 0 N–H and O–H groups in total. The first-order valence-electron chi connectivity index (χ1n) is 10.4. The van der Waals surface area contributed by atoms with E-state index in [-0.39, 0.29) is 30.1 Å². The maximum absolute atomic E-state index is 13.0. The van der Waals surface area contributed by atoms with Gasteiger partial charge in [0.25, 0.3) is 11.1 Å². The Kier molecular flexibility index (Phi) is 6.84. The molecule has 10 heteroatoms. The molecule has 178 valence electrons. The quantitative estimate of drug-likeness (QED) is 0.304. The lowest BCUT2D eigenvalue weighted by Crippen LogP contribution is -2.27. The number of benzene rings is 3. The molecule has 1 fully saturated rings. The van der Waals surface area contributed by atoms with E-state index in [9.17, 15) is 9.59 Å². The third-order valence-electron chi connectivity index (χ3n) is 5.34. The second-order valence-electron chi connectivity index (χ2n) is 7.63. The predicted octanol–water partition coefficient (Wildman–Crippen LogP) is 7.19. The molecule has 0 spiro atoms. The molecule has 0 aromatic heterocycles. The summed E-state index contributed by atoms with van der Waals surface area (Å²) in [5.41, 5.74) is 2.08. The second-order valence-corrected chi connectivity index (χ2v) is 9.85. The van der Waals surface area contributed by atoms with E-state index in [0.29, 0.717) is 43.4 Å². The lowest BCUT2D eigenvalue weighted by molar-refractivity contribution is -0.123. The van der Waals surface area contributed by atoms with Crippen molar-refractivity contribution >= 4 is 63.8 Å². The number of hydrogen-bond acceptors (Lipinski definition) is 6. The largest absolute Gasteiger partial charge is 0.487 e. The molecule has 35 heavy (non-hydrogen) atoms. The fourth-order valence-electron chi connectivity index (χ4n) is 3.53. The molecule has 6 nitrogen and oxygen atoms in total. The zero-order valence-electron chi connectivity index (χ0n) is 17.9. The number of imide groups is 1. The Balaban J connectivity index is 1.29. The van der Waals surface area contributed by atoms with Crippen LogP contribution in [-0.4, -0.2) is 22.8 Å². The van der Waals surface area contributed by atoms with Gasteiger partial charge in [0, 0.05) is 21.7 Å². The van der Waals surface area contributed by atoms with Crippen LogP contribution >= 0.6 is 46.6 Å². The average Bonchev–Trinajstić information content (AvgIpc) is 3.38. The Morgan fingerprint density at radius 2 is 1.69 bits per heavy atom. The molecule has 2 heterocycles. The monoisotopic (exact) mass is 547 g/mol. The van der Waals surface area contributed by atoms with Crippen molar-refractivity contribution in [1.29, 1.82) is 0 Å². The van der Waals surface area contributed by atoms with Crippen molar-refractivity contribution in [1.82, 2.24) is 4.90 Å². The highest BCUT2D eigenvalue weighted by molar-refractivity contribution is 8.18. The fraction of sp³-hybridized carbons (Fsp3) is 0.120. The molecule has 0 aliphatic carbocycles. The van der Waals surface area contributed by atoms with Gasteiger partial charge in [-0.25, -0.2) is 0 Å². The molecule has 2 aliphatic heterocycles. The van der Waals surface area contributed by atoms with Crippen molar-refractivity contribution in [3.05, 3.63) is 91.3 Å². The zero-order valence-corrected chi connectivity index (χ0v) is 21.0. The number of nitrogens with zero attached hydrogens (tertiary/aromatic N) is 1. The van der Waals surface area contributed by atoms with Gasteiger partial charge in [0.2, 0.25) is 6.79 Å². The minimum Gasteiger partial charge on any atom is -0.487 e. The van der Waals surface area contributed by atoms with Crippen LogP contribution in [0.2, 0.25) is 15.1 Å². The second kappa shape index (κ2) is 10.0. The summed E-state index contributed by atoms with van der Waals surface area (Å²) in [6.07, 6.45) is 1.62. The number of thioether (sulfide) groups is 1. The van der Waals surface area contributed by atoms with Crippen molar-refractivity contribution in [2.75, 3.05) is 6.79 Å². The van der Waals surface area contributed by atoms with Crippen LogP contribution in [-0.2, 0) is 17.9 Å². The van der Waals surface area contributed by atoms with E-state index in [4.69, 9.17) is 49.0 Å². The summed E-state index contributed by atoms with van der Waals surface area (Å²) >= 11 is 19.7. The van der Waals surface area contributed by atoms with Gasteiger partial charge < -0.3 is 14.2 Å². The number of carbonyl (C=O) groups is 2. The SMILES string of the molecule is O=C1S/C(=C\c2ccc(OCc3ccccc3Cl)c(Cl)c2)C(=O)N1Cc1cc2c(cc1Cl)OCO2. The van der Waals surface area contributed by atoms with Gasteiger partial charge in [-0.3, -0.25) is 14.5 Å². The Morgan fingerprint density at radius 1 is 0.914 bits per heavy atom. The van der Waals surface area contributed by atoms with E-state index in [1.807, 2.05) is 18.2 Å². The average molecular weight is 549 g/mol. The van der Waals surface area contributed by atoms with Crippen molar-refractivity contribution in [2.24, 2.45) is 0 Å². The molecule has 2 aliphatic rings. The van der Waals surface area contributed by atoms with E-state index in [2.05, 4.69) is 0 Å². The highest BCUT2D eigenvalue weighted by Crippen LogP contribution is 2.39. The van der Waals surface area contributed by atoms with Gasteiger partial charge in [0.15, 0.2) is 11.5 Å². The van der Waals surface area contributed by atoms with Crippen molar-refractivity contribution < 1.29 is 23.8 Å². The van der Waals surface area contributed by atoms with Gasteiger partial charge in [-0.15, -0.1) is 0 Å². The van der Waals surface area contributed by atoms with Gasteiger partial charge in [-0.1, -0.05) is 59.1 Å². The lowest BCUT2D eigenvalue weighted by Gasteiger charge is -2.14. The minimum absolute atomic E-state index is 0.0209. The first-order valence-corrected chi connectivity index (χ1v) is 12.3. The summed E-state index contributed by atoms with van der Waals surface area (Å²) in [5, 5.41) is 0.979. The van der Waals surface area contributed by atoms with Gasteiger partial charge in [-0.2, -0.15) is 0 Å². The van der Waals surface area contributed by atoms with Crippen LogP contribution in [0.5, 0.6) is 17.2 Å². The fourth-order valence-corrected chi connectivity index (χ4v) is 5.02. The minimum atomic E-state index is -0.413. The summed E-state index contributed by atoms with van der Waals surface area (Å²) in [5.74, 6) is 1.13. The number of rotatable bonds is 6. The van der Waals surface area contributed by atoms with E-state index >= 15 is 0 Å². The van der Waals surface area contributed by atoms with Gasteiger partial charge in [-0.05, 0) is 53.2 Å². The van der Waals surface area contributed by atoms with Crippen LogP contribution in [0.25, 0.3) is 6.08 Å². The Bertz CT molecular complexity index is 1380. The molecule has 2 amide bonds. The third-order valence-corrected chi connectivity index (χ3v) is 7.26. The van der Waals surface area contributed by atoms with Gasteiger partial charge >= 0.3 is 0 Å². The van der Waals surface area contributed by atoms with E-state index < -0.39 is 5.91 Å². The number of amides is 2. The summed E-state index contributed by atoms with van der Waals surface area (Å²) in [4.78, 5) is 27.0. The van der Waals surface area contributed by atoms with Crippen LogP contribution < -0.4 is 14.2 Å². The molecule has 5 rings (SSSR count). The molecule has 3 aromatic rings. The first kappa shape index (κ1) is 23.9. The maximum Gasteiger partial charge on any atom is 0.293 e. The smallest absolute Gasteiger partial charge is 0.293 e.